The summed E-state index contributed by atoms with van der Waals surface area (Å²) >= 11 is 0. The van der Waals surface area contributed by atoms with Gasteiger partial charge < -0.3 is 27.8 Å². The number of fused-ring (bicyclic) bond motifs is 12. The Balaban J connectivity index is 0.000000146. The predicted molar refractivity (Wildman–Crippen MR) is 554 cm³/mol. The highest BCUT2D eigenvalue weighted by atomic mass is 16.3. The minimum absolute atomic E-state index is 0.902. The van der Waals surface area contributed by atoms with Gasteiger partial charge in [-0.25, -0.2) is 0 Å². The van der Waals surface area contributed by atoms with Crippen molar-refractivity contribution >= 4 is 122 Å². The lowest BCUT2D eigenvalue weighted by Crippen LogP contribution is -2.09. The highest BCUT2D eigenvalue weighted by molar-refractivity contribution is 6.14. The average molecular weight is 1690 g/mol. The summed E-state index contributed by atoms with van der Waals surface area (Å²) in [6.07, 6.45) is 0. The second-order valence-electron chi connectivity index (χ2n) is 33.8. The first-order chi connectivity index (χ1) is 65.4. The first-order valence-corrected chi connectivity index (χ1v) is 45.1. The van der Waals surface area contributed by atoms with E-state index < -0.39 is 0 Å². The second kappa shape index (κ2) is 33.6. The highest BCUT2D eigenvalue weighted by Crippen LogP contribution is 2.46. The number of rotatable bonds is 17. The first kappa shape index (κ1) is 77.9. The Morgan fingerprint density at radius 1 is 0.144 bits per heavy atom. The van der Waals surface area contributed by atoms with Gasteiger partial charge in [-0.2, -0.15) is 0 Å². The monoisotopic (exact) mass is 1680 g/mol. The van der Waals surface area contributed by atoms with Crippen LogP contribution in [0.5, 0.6) is 0 Å². The Kier molecular flexibility index (Phi) is 19.9. The molecule has 4 heterocycles. The molecular weight excluding hydrogens is 1600 g/mol. The molecule has 0 bridgehead atoms. The summed E-state index contributed by atoms with van der Waals surface area (Å²) in [6, 6.07) is 183. The van der Waals surface area contributed by atoms with E-state index >= 15 is 0 Å². The Bertz CT molecular complexity index is 8520. The number of hydrogen-bond donors (Lipinski definition) is 0. The summed E-state index contributed by atoms with van der Waals surface area (Å²) in [7, 11) is 0. The lowest BCUT2D eigenvalue weighted by molar-refractivity contribution is 0.669. The average Bonchev–Trinajstić information content (AvgIpc) is 1.59. The molecule has 0 amide bonds. The minimum Gasteiger partial charge on any atom is -0.455 e. The molecule has 132 heavy (non-hydrogen) atoms. The normalized spacial score (nSPS) is 11.5. The molecule has 0 N–H and O–H groups in total. The number of nitrogens with zero attached hydrogens (tertiary/aromatic N) is 4. The zero-order chi connectivity index (χ0) is 87.4. The molecule has 0 fully saturated rings. The van der Waals surface area contributed by atoms with Crippen LogP contribution in [0.15, 0.2) is 518 Å². The van der Waals surface area contributed by atoms with E-state index in [2.05, 4.69) is 504 Å². The van der Waals surface area contributed by atoms with Crippen molar-refractivity contribution in [3.63, 3.8) is 0 Å². The first-order valence-electron chi connectivity index (χ1n) is 45.1. The third-order valence-electron chi connectivity index (χ3n) is 26.1. The van der Waals surface area contributed by atoms with Gasteiger partial charge in [0.05, 0.1) is 22.1 Å². The van der Waals surface area contributed by atoms with E-state index in [0.717, 1.165) is 106 Å². The van der Waals surface area contributed by atoms with Crippen LogP contribution in [0.4, 0.5) is 34.1 Å². The third-order valence-corrected chi connectivity index (χ3v) is 26.1. The molecule has 25 rings (SSSR count). The molecule has 0 saturated carbocycles. The molecule has 0 spiro atoms. The smallest absolute Gasteiger partial charge is 0.143 e. The Morgan fingerprint density at radius 2 is 0.364 bits per heavy atom. The number of benzene rings is 21. The third kappa shape index (κ3) is 14.5. The molecule has 6 nitrogen and oxygen atoms in total. The fourth-order valence-electron chi connectivity index (χ4n) is 19.5. The van der Waals surface area contributed by atoms with Crippen LogP contribution in [0.2, 0.25) is 0 Å². The van der Waals surface area contributed by atoms with Crippen LogP contribution in [0.25, 0.3) is 199 Å². The highest BCUT2D eigenvalue weighted by Gasteiger charge is 2.22. The van der Waals surface area contributed by atoms with E-state index in [1.54, 1.807) is 0 Å². The van der Waals surface area contributed by atoms with Gasteiger partial charge in [0, 0.05) is 99.7 Å². The fourth-order valence-corrected chi connectivity index (χ4v) is 19.5. The quantitative estimate of drug-likeness (QED) is 0.0911. The molecule has 0 radical (unpaired) electrons. The van der Waals surface area contributed by atoms with Crippen molar-refractivity contribution in [3.05, 3.63) is 510 Å². The summed E-state index contributed by atoms with van der Waals surface area (Å²) in [5.74, 6) is 0. The summed E-state index contributed by atoms with van der Waals surface area (Å²) in [5.41, 5.74) is 38.3. The summed E-state index contributed by atoms with van der Waals surface area (Å²) in [5, 5.41) is 9.55. The Hall–Kier alpha value is -17.6. The number of hydrogen-bond acceptors (Lipinski definition) is 4. The van der Waals surface area contributed by atoms with Crippen LogP contribution in [0.1, 0.15) is 0 Å². The van der Waals surface area contributed by atoms with Crippen molar-refractivity contribution in [2.45, 2.75) is 0 Å². The van der Waals surface area contributed by atoms with Gasteiger partial charge in [0.25, 0.3) is 0 Å². The van der Waals surface area contributed by atoms with E-state index in [9.17, 15) is 0 Å². The summed E-state index contributed by atoms with van der Waals surface area (Å²) < 4.78 is 17.6. The van der Waals surface area contributed by atoms with E-state index in [1.165, 1.54) is 127 Å². The van der Waals surface area contributed by atoms with Crippen LogP contribution < -0.4 is 9.80 Å². The Morgan fingerprint density at radius 3 is 0.674 bits per heavy atom. The summed E-state index contributed by atoms with van der Waals surface area (Å²) in [4.78, 5) is 4.67. The maximum absolute atomic E-state index is 6.44. The predicted octanol–water partition coefficient (Wildman–Crippen LogP) is 35.3. The standard InChI is InChI=1S/C66H44N2O.C60H40N2O/c1-3-12-45(13-4-1)46-22-24-47(25-23-46)49-30-37-55(38-31-49)67(57-41-34-52(35-42-57)58-18-11-19-61-60-17-8-10-21-65(60)69-66(58)61)56-39-32-50(33-40-56)48-26-28-51(29-27-48)53-36-43-64-62(44-53)59-16-7-9-20-63(59)68(64)54-14-5-2-6-15-54;1-3-12-41(13-4-1)43-26-33-49(34-27-43)61(51-37-30-46(31-38-51)52-18-11-19-55-54-17-8-10-21-59(54)63-60(52)55)50-35-28-44(29-36-50)42-22-24-45(25-23-42)47-32-39-58-56(40-47)53-16-7-9-20-57(53)62(58)48-14-5-2-6-15-48/h1-44H;1-40H. The Labute approximate surface area is 765 Å². The minimum atomic E-state index is 0.902. The van der Waals surface area contributed by atoms with Crippen LogP contribution in [0.3, 0.4) is 0 Å². The fraction of sp³-hybridized carbons (Fsp3) is 0. The molecule has 0 aliphatic heterocycles. The van der Waals surface area contributed by atoms with Gasteiger partial charge >= 0.3 is 0 Å². The largest absolute Gasteiger partial charge is 0.455 e. The number of para-hydroxylation sites is 8. The molecule has 21 aromatic carbocycles. The molecule has 0 unspecified atom stereocenters. The van der Waals surface area contributed by atoms with Gasteiger partial charge in [0.15, 0.2) is 0 Å². The molecule has 25 aromatic rings. The molecule has 620 valence electrons. The lowest BCUT2D eigenvalue weighted by atomic mass is 9.98. The maximum Gasteiger partial charge on any atom is 0.143 e. The zero-order valence-corrected chi connectivity index (χ0v) is 72.1. The number of aromatic nitrogens is 2. The van der Waals surface area contributed by atoms with Gasteiger partial charge in [-0.1, -0.05) is 364 Å². The van der Waals surface area contributed by atoms with E-state index in [1.807, 2.05) is 24.3 Å². The van der Waals surface area contributed by atoms with Crippen LogP contribution >= 0.6 is 0 Å². The van der Waals surface area contributed by atoms with Crippen molar-refractivity contribution in [2.75, 3.05) is 9.80 Å². The zero-order valence-electron chi connectivity index (χ0n) is 72.1. The van der Waals surface area contributed by atoms with E-state index in [0.29, 0.717) is 0 Å². The van der Waals surface area contributed by atoms with Crippen molar-refractivity contribution < 1.29 is 8.83 Å². The van der Waals surface area contributed by atoms with Gasteiger partial charge in [0.2, 0.25) is 0 Å². The summed E-state index contributed by atoms with van der Waals surface area (Å²) in [6.45, 7) is 0. The van der Waals surface area contributed by atoms with Crippen LogP contribution in [-0.2, 0) is 0 Å². The second-order valence-corrected chi connectivity index (χ2v) is 33.8. The van der Waals surface area contributed by atoms with Gasteiger partial charge in [-0.15, -0.1) is 0 Å². The van der Waals surface area contributed by atoms with Crippen LogP contribution in [0, 0.1) is 0 Å². The maximum atomic E-state index is 6.44. The number of anilines is 6. The number of furan rings is 2. The van der Waals surface area contributed by atoms with Crippen molar-refractivity contribution in [2.24, 2.45) is 0 Å². The van der Waals surface area contributed by atoms with Crippen LogP contribution in [-0.4, -0.2) is 9.13 Å². The van der Waals surface area contributed by atoms with E-state index in [4.69, 9.17) is 8.83 Å². The molecule has 4 aromatic heterocycles. The lowest BCUT2D eigenvalue weighted by Gasteiger charge is -2.26. The van der Waals surface area contributed by atoms with Crippen molar-refractivity contribution in [3.8, 4) is 112 Å². The SMILES string of the molecule is c1ccc(-c2ccc(-c3ccc(N(c4ccc(-c5ccc(-c6ccc7c(c6)c6ccccc6n7-c6ccccc6)cc5)cc4)c4ccc(-c5cccc6c5oc5ccccc56)cc4)cc3)cc2)cc1.c1ccc(-c2ccc(N(c3ccc(-c4ccc(-c5ccc6c(c5)c5ccccc5n6-c5ccccc5)cc4)cc3)c3ccc(-c4cccc5c4oc4ccccc45)cc3)cc2)cc1. The van der Waals surface area contributed by atoms with Crippen molar-refractivity contribution in [1.82, 2.24) is 9.13 Å². The topological polar surface area (TPSA) is 42.6 Å². The molecule has 0 aliphatic rings. The van der Waals surface area contributed by atoms with Gasteiger partial charge in [-0.3, -0.25) is 0 Å². The molecule has 0 atom stereocenters. The molecule has 0 saturated heterocycles. The van der Waals surface area contributed by atoms with Gasteiger partial charge in [0.1, 0.15) is 22.3 Å². The van der Waals surface area contributed by atoms with E-state index in [-0.39, 0.29) is 0 Å². The molecular formula is C126H84N4O2. The molecule has 6 heteroatoms. The van der Waals surface area contributed by atoms with Gasteiger partial charge in [-0.05, 0) is 235 Å². The molecule has 0 aliphatic carbocycles. The van der Waals surface area contributed by atoms with Crippen molar-refractivity contribution in [1.29, 1.82) is 0 Å².